The van der Waals surface area contributed by atoms with Crippen LogP contribution >= 0.6 is 0 Å². The predicted molar refractivity (Wildman–Crippen MR) is 91.8 cm³/mol. The van der Waals surface area contributed by atoms with Crippen LogP contribution in [-0.4, -0.2) is 38.1 Å². The molecule has 1 heterocycles. The van der Waals surface area contributed by atoms with E-state index in [1.165, 1.54) is 12.1 Å². The first-order valence-electron chi connectivity index (χ1n) is 7.63. The van der Waals surface area contributed by atoms with E-state index < -0.39 is 29.5 Å². The van der Waals surface area contributed by atoms with Crippen molar-refractivity contribution in [2.24, 2.45) is 0 Å². The van der Waals surface area contributed by atoms with E-state index in [9.17, 15) is 26.6 Å². The van der Waals surface area contributed by atoms with Gasteiger partial charge in [0.25, 0.3) is 10.0 Å². The smallest absolute Gasteiger partial charge is 0.423 e. The van der Waals surface area contributed by atoms with Crippen molar-refractivity contribution in [3.63, 3.8) is 0 Å². The van der Waals surface area contributed by atoms with E-state index in [1.54, 1.807) is 6.07 Å². The van der Waals surface area contributed by atoms with E-state index in [1.807, 2.05) is 5.32 Å². The molecule has 4 N–H and O–H groups in total. The van der Waals surface area contributed by atoms with Gasteiger partial charge in [0.1, 0.15) is 0 Å². The van der Waals surface area contributed by atoms with Gasteiger partial charge in [-0.2, -0.15) is 13.2 Å². The van der Waals surface area contributed by atoms with Gasteiger partial charge in [-0.25, -0.2) is 8.42 Å². The summed E-state index contributed by atoms with van der Waals surface area (Å²) in [6, 6.07) is 8.97. The Bertz CT molecular complexity index is 937. The molecule has 2 aromatic carbocycles. The van der Waals surface area contributed by atoms with Crippen LogP contribution < -0.4 is 15.5 Å². The fourth-order valence-electron chi connectivity index (χ4n) is 2.46. The van der Waals surface area contributed by atoms with E-state index in [0.717, 1.165) is 29.8 Å². The lowest BCUT2D eigenvalue weighted by Crippen LogP contribution is -2.35. The quantitative estimate of drug-likeness (QED) is 0.439. The molecule has 0 aliphatic carbocycles. The molecule has 0 fully saturated rings. The van der Waals surface area contributed by atoms with Crippen molar-refractivity contribution in [2.75, 3.05) is 10.0 Å². The van der Waals surface area contributed by atoms with Crippen LogP contribution in [0, 0.1) is 0 Å². The Morgan fingerprint density at radius 1 is 1.11 bits per heavy atom. The van der Waals surface area contributed by atoms with Crippen LogP contribution in [0.3, 0.4) is 0 Å². The van der Waals surface area contributed by atoms with Crippen molar-refractivity contribution in [2.45, 2.75) is 23.9 Å². The fourth-order valence-corrected chi connectivity index (χ4v) is 3.51. The minimum Gasteiger partial charge on any atom is -0.423 e. The number of nitrogens with one attached hydrogen (secondary N) is 2. The van der Waals surface area contributed by atoms with Crippen LogP contribution in [0.5, 0.6) is 0 Å². The molecule has 0 spiro atoms. The molecule has 7 nitrogen and oxygen atoms in total. The van der Waals surface area contributed by atoms with Crippen LogP contribution in [0.2, 0.25) is 0 Å². The maximum Gasteiger partial charge on any atom is 0.491 e. The van der Waals surface area contributed by atoms with Crippen LogP contribution in [0.4, 0.5) is 24.5 Å². The van der Waals surface area contributed by atoms with Crippen molar-refractivity contribution in [1.82, 2.24) is 0 Å². The number of aliphatic hydroxyl groups excluding tert-OH is 1. The van der Waals surface area contributed by atoms with Gasteiger partial charge >= 0.3 is 13.3 Å². The first kappa shape index (κ1) is 19.5. The predicted octanol–water partition coefficient (Wildman–Crippen LogP) is 0.998. The number of hydrogen-bond acceptors (Lipinski definition) is 6. The zero-order chi connectivity index (χ0) is 19.8. The zero-order valence-electron chi connectivity index (χ0n) is 13.6. The number of fused-ring (bicyclic) bond motifs is 1. The highest BCUT2D eigenvalue weighted by Crippen LogP contribution is 2.24. The SMILES string of the molecule is O=S(=O)(Nc1ccc2c(c1)B(O)OC2)c1ccc(NC(O)C(F)(F)F)cc1. The number of rotatable bonds is 5. The molecule has 12 heteroatoms. The van der Waals surface area contributed by atoms with Crippen LogP contribution in [-0.2, 0) is 21.3 Å². The zero-order valence-corrected chi connectivity index (χ0v) is 14.4. The van der Waals surface area contributed by atoms with E-state index in [0.29, 0.717) is 5.46 Å². The second-order valence-corrected chi connectivity index (χ2v) is 7.48. The summed E-state index contributed by atoms with van der Waals surface area (Å²) in [5, 5.41) is 20.5. The van der Waals surface area contributed by atoms with Crippen molar-refractivity contribution in [1.29, 1.82) is 0 Å². The van der Waals surface area contributed by atoms with Gasteiger partial charge in [-0.05, 0) is 47.4 Å². The molecule has 1 aliphatic heterocycles. The van der Waals surface area contributed by atoms with Gasteiger partial charge in [-0.1, -0.05) is 6.07 Å². The van der Waals surface area contributed by atoms with Crippen molar-refractivity contribution >= 4 is 34.0 Å². The lowest BCUT2D eigenvalue weighted by Gasteiger charge is -2.17. The van der Waals surface area contributed by atoms with Gasteiger partial charge in [-0.15, -0.1) is 0 Å². The Labute approximate surface area is 153 Å². The molecule has 0 radical (unpaired) electrons. The summed E-state index contributed by atoms with van der Waals surface area (Å²) in [5.41, 5.74) is 1.30. The van der Waals surface area contributed by atoms with E-state index in [2.05, 4.69) is 4.72 Å². The van der Waals surface area contributed by atoms with Crippen LogP contribution in [0.1, 0.15) is 5.56 Å². The van der Waals surface area contributed by atoms with Gasteiger partial charge < -0.3 is 20.1 Å². The Hall–Kier alpha value is -2.28. The fraction of sp³-hybridized carbons (Fsp3) is 0.200. The number of hydrogen-bond donors (Lipinski definition) is 4. The summed E-state index contributed by atoms with van der Waals surface area (Å²) in [6.07, 6.45) is -7.62. The summed E-state index contributed by atoms with van der Waals surface area (Å²) in [7, 11) is -5.14. The highest BCUT2D eigenvalue weighted by molar-refractivity contribution is 7.92. The van der Waals surface area contributed by atoms with Gasteiger partial charge in [0.2, 0.25) is 6.23 Å². The Balaban J connectivity index is 1.75. The minimum absolute atomic E-state index is 0.100. The van der Waals surface area contributed by atoms with Crippen LogP contribution in [0.25, 0.3) is 0 Å². The molecule has 0 amide bonds. The lowest BCUT2D eigenvalue weighted by atomic mass is 9.79. The molecule has 1 atom stereocenters. The molecule has 144 valence electrons. The summed E-state index contributed by atoms with van der Waals surface area (Å²) < 4.78 is 69.2. The summed E-state index contributed by atoms with van der Waals surface area (Å²) in [4.78, 5) is -0.188. The van der Waals surface area contributed by atoms with Gasteiger partial charge in [0.05, 0.1) is 11.5 Å². The maximum atomic E-state index is 12.4. The molecule has 1 aliphatic rings. The molecule has 3 rings (SSSR count). The third kappa shape index (κ3) is 4.35. The molecule has 0 saturated heterocycles. The third-order valence-electron chi connectivity index (χ3n) is 3.84. The van der Waals surface area contributed by atoms with E-state index in [-0.39, 0.29) is 22.9 Å². The number of benzene rings is 2. The summed E-state index contributed by atoms with van der Waals surface area (Å²) >= 11 is 0. The van der Waals surface area contributed by atoms with Crippen LogP contribution in [0.15, 0.2) is 47.4 Å². The van der Waals surface area contributed by atoms with Gasteiger partial charge in [0, 0.05) is 11.4 Å². The molecule has 1 unspecified atom stereocenters. The second-order valence-electron chi connectivity index (χ2n) is 5.80. The van der Waals surface area contributed by atoms with Crippen molar-refractivity contribution in [3.05, 3.63) is 48.0 Å². The van der Waals surface area contributed by atoms with E-state index in [4.69, 9.17) is 9.76 Å². The molecular weight excluding hydrogens is 388 g/mol. The standard InChI is InChI=1S/C15H14BF3N2O5S/c17-15(18,19)14(22)20-10-3-5-12(6-4-10)27(24,25)21-11-2-1-9-8-26-16(23)13(9)7-11/h1-7,14,20-23H,8H2. The monoisotopic (exact) mass is 402 g/mol. The largest absolute Gasteiger partial charge is 0.491 e. The first-order valence-corrected chi connectivity index (χ1v) is 9.11. The topological polar surface area (TPSA) is 108 Å². The number of anilines is 2. The first-order chi connectivity index (χ1) is 12.6. The average Bonchev–Trinajstić information content (AvgIpc) is 2.95. The molecule has 0 saturated carbocycles. The third-order valence-corrected chi connectivity index (χ3v) is 5.24. The molecular formula is C15H14BF3N2O5S. The summed E-state index contributed by atoms with van der Waals surface area (Å²) in [5.74, 6) is 0. The second kappa shape index (κ2) is 7.04. The van der Waals surface area contributed by atoms with E-state index >= 15 is 0 Å². The van der Waals surface area contributed by atoms with Crippen molar-refractivity contribution in [3.8, 4) is 0 Å². The molecule has 2 aromatic rings. The number of halogens is 3. The number of sulfonamides is 1. The minimum atomic E-state index is -4.85. The lowest BCUT2D eigenvalue weighted by molar-refractivity contribution is -0.194. The average molecular weight is 402 g/mol. The highest BCUT2D eigenvalue weighted by atomic mass is 32.2. The molecule has 27 heavy (non-hydrogen) atoms. The number of aliphatic hydroxyl groups is 1. The molecule has 0 aromatic heterocycles. The Morgan fingerprint density at radius 2 is 1.74 bits per heavy atom. The highest BCUT2D eigenvalue weighted by Gasteiger charge is 2.38. The van der Waals surface area contributed by atoms with Gasteiger partial charge in [-0.3, -0.25) is 4.72 Å². The normalized spacial score (nSPS) is 15.4. The van der Waals surface area contributed by atoms with Crippen molar-refractivity contribution < 1.29 is 36.4 Å². The maximum absolute atomic E-state index is 12.4. The molecule has 0 bridgehead atoms. The summed E-state index contributed by atoms with van der Waals surface area (Å²) in [6.45, 7) is 0.224. The Kier molecular flexibility index (Phi) is 5.08. The Morgan fingerprint density at radius 3 is 2.37 bits per heavy atom. The van der Waals surface area contributed by atoms with Gasteiger partial charge in [0.15, 0.2) is 0 Å². The number of alkyl halides is 3.